The summed E-state index contributed by atoms with van der Waals surface area (Å²) in [5.74, 6) is 0.746. The highest BCUT2D eigenvalue weighted by Crippen LogP contribution is 2.12. The second-order valence-electron chi connectivity index (χ2n) is 2.25. The van der Waals surface area contributed by atoms with Crippen LogP contribution in [0.1, 0.15) is 0 Å². The molecule has 2 aliphatic rings. The quantitative estimate of drug-likeness (QED) is 0.503. The van der Waals surface area contributed by atoms with Crippen molar-refractivity contribution in [3.05, 3.63) is 24.1 Å². The minimum atomic E-state index is 0.481. The molecule has 2 rings (SSSR count). The van der Waals surface area contributed by atoms with Gasteiger partial charge in [-0.1, -0.05) is 0 Å². The van der Waals surface area contributed by atoms with Crippen LogP contribution in [0.15, 0.2) is 29.1 Å². The lowest BCUT2D eigenvalue weighted by Gasteiger charge is -2.19. The third kappa shape index (κ3) is 0.920. The Morgan fingerprint density at radius 1 is 1.73 bits per heavy atom. The van der Waals surface area contributed by atoms with E-state index in [1.807, 2.05) is 0 Å². The van der Waals surface area contributed by atoms with Crippen LogP contribution in [-0.2, 0) is 9.63 Å². The minimum absolute atomic E-state index is 0.481. The van der Waals surface area contributed by atoms with E-state index in [2.05, 4.69) is 4.99 Å². The Kier molecular flexibility index (Phi) is 1.25. The molecule has 11 heavy (non-hydrogen) atoms. The highest BCUT2D eigenvalue weighted by Gasteiger charge is 2.19. The maximum atomic E-state index is 10.3. The summed E-state index contributed by atoms with van der Waals surface area (Å²) < 4.78 is 0. The van der Waals surface area contributed by atoms with Crippen LogP contribution in [0.3, 0.4) is 0 Å². The molecule has 0 aliphatic carbocycles. The highest BCUT2D eigenvalue weighted by molar-refractivity contribution is 5.95. The normalized spacial score (nSPS) is 20.2. The molecule has 0 unspecified atom stereocenters. The van der Waals surface area contributed by atoms with Gasteiger partial charge in [0.25, 0.3) is 0 Å². The fourth-order valence-corrected chi connectivity index (χ4v) is 0.951. The first kappa shape index (κ1) is 6.15. The maximum absolute atomic E-state index is 10.3. The molecule has 0 radical (unpaired) electrons. The molecular weight excluding hydrogens is 144 g/mol. The van der Waals surface area contributed by atoms with Crippen molar-refractivity contribution in [2.75, 3.05) is 6.54 Å². The number of nitrogens with zero attached hydrogens (tertiary/aromatic N) is 2. The predicted molar refractivity (Wildman–Crippen MR) is 38.5 cm³/mol. The van der Waals surface area contributed by atoms with E-state index in [0.717, 1.165) is 12.1 Å². The second kappa shape index (κ2) is 2.23. The molecule has 2 aliphatic heterocycles. The lowest BCUT2D eigenvalue weighted by Crippen LogP contribution is -2.28. The number of carbonyl (C=O) groups is 1. The molecule has 0 aromatic heterocycles. The summed E-state index contributed by atoms with van der Waals surface area (Å²) in [6.45, 7) is 0.481. The zero-order chi connectivity index (χ0) is 7.68. The first-order valence-corrected chi connectivity index (χ1v) is 3.23. The van der Waals surface area contributed by atoms with E-state index in [1.165, 1.54) is 0 Å². The minimum Gasteiger partial charge on any atom is -0.385 e. The van der Waals surface area contributed by atoms with Gasteiger partial charge in [-0.15, -0.1) is 0 Å². The van der Waals surface area contributed by atoms with Crippen molar-refractivity contribution in [1.29, 1.82) is 0 Å². The fourth-order valence-electron chi connectivity index (χ4n) is 0.951. The molecule has 0 N–H and O–H groups in total. The Hall–Kier alpha value is -1.58. The molecule has 0 bridgehead atoms. The number of fused-ring (bicyclic) bond motifs is 1. The molecule has 0 aromatic rings. The predicted octanol–water partition coefficient (Wildman–Crippen LogP) is 0.242. The standard InChI is InChI=1S/C7H6N2O2/c10-5-6-3-8-7-1-2-11-9(7)4-6/h1-3,5H,4H2. The average Bonchev–Trinajstić information content (AvgIpc) is 2.50. The highest BCUT2D eigenvalue weighted by atomic mass is 16.7. The summed E-state index contributed by atoms with van der Waals surface area (Å²) >= 11 is 0. The molecule has 0 saturated carbocycles. The van der Waals surface area contributed by atoms with E-state index in [4.69, 9.17) is 4.84 Å². The molecule has 0 amide bonds. The third-order valence-electron chi connectivity index (χ3n) is 1.50. The van der Waals surface area contributed by atoms with Crippen LogP contribution < -0.4 is 0 Å². The lowest BCUT2D eigenvalue weighted by molar-refractivity contribution is -0.105. The van der Waals surface area contributed by atoms with Gasteiger partial charge in [0.1, 0.15) is 12.5 Å². The van der Waals surface area contributed by atoms with Crippen LogP contribution >= 0.6 is 0 Å². The van der Waals surface area contributed by atoms with Gasteiger partial charge in [0.2, 0.25) is 0 Å². The number of amidine groups is 1. The number of aldehydes is 1. The van der Waals surface area contributed by atoms with Crippen LogP contribution in [0, 0.1) is 0 Å². The maximum Gasteiger partial charge on any atom is 0.166 e. The van der Waals surface area contributed by atoms with E-state index < -0.39 is 0 Å². The Morgan fingerprint density at radius 2 is 2.64 bits per heavy atom. The van der Waals surface area contributed by atoms with Crippen LogP contribution in [0.4, 0.5) is 0 Å². The van der Waals surface area contributed by atoms with E-state index >= 15 is 0 Å². The van der Waals surface area contributed by atoms with E-state index in [1.54, 1.807) is 23.6 Å². The Labute approximate surface area is 63.4 Å². The van der Waals surface area contributed by atoms with Crippen LogP contribution in [0.25, 0.3) is 0 Å². The summed E-state index contributed by atoms with van der Waals surface area (Å²) in [6.07, 6.45) is 5.62. The number of carbonyl (C=O) groups excluding carboxylic acids is 1. The van der Waals surface area contributed by atoms with Gasteiger partial charge >= 0.3 is 0 Å². The molecule has 4 nitrogen and oxygen atoms in total. The summed E-state index contributed by atoms with van der Waals surface area (Å²) in [4.78, 5) is 19.3. The molecule has 0 saturated heterocycles. The van der Waals surface area contributed by atoms with Crippen molar-refractivity contribution in [2.24, 2.45) is 4.99 Å². The van der Waals surface area contributed by atoms with Crippen molar-refractivity contribution < 1.29 is 9.63 Å². The Bertz CT molecular complexity index is 278. The average molecular weight is 150 g/mol. The number of hydroxylamine groups is 2. The largest absolute Gasteiger partial charge is 0.385 e. The van der Waals surface area contributed by atoms with Gasteiger partial charge in [-0.05, 0) is 0 Å². The number of rotatable bonds is 1. The van der Waals surface area contributed by atoms with Gasteiger partial charge in [-0.2, -0.15) is 5.06 Å². The third-order valence-corrected chi connectivity index (χ3v) is 1.50. The Morgan fingerprint density at radius 3 is 3.45 bits per heavy atom. The smallest absolute Gasteiger partial charge is 0.166 e. The molecule has 0 aromatic carbocycles. The van der Waals surface area contributed by atoms with Gasteiger partial charge in [0.15, 0.2) is 5.84 Å². The monoisotopic (exact) mass is 150 g/mol. The zero-order valence-corrected chi connectivity index (χ0v) is 5.73. The first-order chi connectivity index (χ1) is 5.40. The van der Waals surface area contributed by atoms with Crippen molar-refractivity contribution in [3.63, 3.8) is 0 Å². The fraction of sp³-hybridized carbons (Fsp3) is 0.143. The van der Waals surface area contributed by atoms with E-state index in [9.17, 15) is 4.79 Å². The molecule has 0 atom stereocenters. The Balaban J connectivity index is 2.27. The molecule has 0 spiro atoms. The lowest BCUT2D eigenvalue weighted by atomic mass is 10.3. The zero-order valence-electron chi connectivity index (χ0n) is 5.73. The van der Waals surface area contributed by atoms with Crippen LogP contribution in [-0.4, -0.2) is 23.7 Å². The van der Waals surface area contributed by atoms with E-state index in [0.29, 0.717) is 12.1 Å². The number of hydrogen-bond acceptors (Lipinski definition) is 4. The van der Waals surface area contributed by atoms with Gasteiger partial charge in [-0.3, -0.25) is 4.79 Å². The number of hydrogen-bond donors (Lipinski definition) is 0. The van der Waals surface area contributed by atoms with Crippen molar-refractivity contribution in [2.45, 2.75) is 0 Å². The van der Waals surface area contributed by atoms with Gasteiger partial charge < -0.3 is 4.84 Å². The van der Waals surface area contributed by atoms with Crippen LogP contribution in [0.2, 0.25) is 0 Å². The summed E-state index contributed by atoms with van der Waals surface area (Å²) in [7, 11) is 0. The second-order valence-corrected chi connectivity index (χ2v) is 2.25. The first-order valence-electron chi connectivity index (χ1n) is 3.23. The number of aliphatic imine (C=N–C) groups is 1. The summed E-state index contributed by atoms with van der Waals surface area (Å²) in [5, 5.41) is 1.56. The van der Waals surface area contributed by atoms with Crippen molar-refractivity contribution >= 4 is 12.1 Å². The molecular formula is C7H6N2O2. The molecule has 0 fully saturated rings. The molecule has 56 valence electrons. The SMILES string of the molecule is O=CC1=CN=C2C=CON2C1. The van der Waals surface area contributed by atoms with E-state index in [-0.39, 0.29) is 0 Å². The topological polar surface area (TPSA) is 41.9 Å². The van der Waals surface area contributed by atoms with Crippen molar-refractivity contribution in [3.8, 4) is 0 Å². The summed E-state index contributed by atoms with van der Waals surface area (Å²) in [6, 6.07) is 0. The molecule has 4 heteroatoms. The van der Waals surface area contributed by atoms with Crippen LogP contribution in [0.5, 0.6) is 0 Å². The van der Waals surface area contributed by atoms with Gasteiger partial charge in [0, 0.05) is 17.8 Å². The van der Waals surface area contributed by atoms with Crippen molar-refractivity contribution in [1.82, 2.24) is 5.06 Å². The van der Waals surface area contributed by atoms with Gasteiger partial charge in [0.05, 0.1) is 6.54 Å². The molecule has 2 heterocycles. The van der Waals surface area contributed by atoms with Gasteiger partial charge in [-0.25, -0.2) is 4.99 Å². The summed E-state index contributed by atoms with van der Waals surface area (Å²) in [5.41, 5.74) is 0.623.